The zero-order valence-corrected chi connectivity index (χ0v) is 18.4. The van der Waals surface area contributed by atoms with Gasteiger partial charge in [0.25, 0.3) is 0 Å². The van der Waals surface area contributed by atoms with Crippen molar-refractivity contribution in [1.82, 2.24) is 19.9 Å². The summed E-state index contributed by atoms with van der Waals surface area (Å²) in [6.07, 6.45) is 3.20. The first kappa shape index (κ1) is 21.6. The van der Waals surface area contributed by atoms with E-state index in [1.165, 1.54) is 6.20 Å². The maximum atomic E-state index is 8.83. The van der Waals surface area contributed by atoms with Crippen LogP contribution in [0.1, 0.15) is 5.69 Å². The molecule has 0 radical (unpaired) electrons. The highest BCUT2D eigenvalue weighted by atomic mass is 35.5. The van der Waals surface area contributed by atoms with Crippen LogP contribution in [-0.2, 0) is 0 Å². The molecular formula is C21H19Cl2N9. The fourth-order valence-corrected chi connectivity index (χ4v) is 3.72. The van der Waals surface area contributed by atoms with Crippen LogP contribution < -0.4 is 16.4 Å². The Hall–Kier alpha value is -3.61. The molecule has 3 aromatic rings. The topological polar surface area (TPSA) is 133 Å². The molecule has 1 aliphatic heterocycles. The van der Waals surface area contributed by atoms with Gasteiger partial charge in [0.05, 0.1) is 28.1 Å². The Labute approximate surface area is 194 Å². The average molecular weight is 468 g/mol. The normalized spacial score (nSPS) is 14.3. The number of nitriles is 1. The number of anilines is 2. The molecule has 1 aromatic carbocycles. The molecule has 2 aromatic heterocycles. The first-order chi connectivity index (χ1) is 15.5. The molecule has 0 unspecified atom stereocenters. The van der Waals surface area contributed by atoms with Crippen LogP contribution in [0.3, 0.4) is 0 Å². The zero-order chi connectivity index (χ0) is 22.7. The molecule has 3 heterocycles. The van der Waals surface area contributed by atoms with Crippen molar-refractivity contribution in [1.29, 1.82) is 5.26 Å². The fraction of sp³-hybridized carbons (Fsp3) is 0.190. The van der Waals surface area contributed by atoms with E-state index in [0.717, 1.165) is 0 Å². The summed E-state index contributed by atoms with van der Waals surface area (Å²) in [7, 11) is 0. The number of halogens is 2. The first-order valence-electron chi connectivity index (χ1n) is 9.73. The molecular weight excluding hydrogens is 449 g/mol. The Kier molecular flexibility index (Phi) is 6.25. The molecule has 9 nitrogen and oxygen atoms in total. The Morgan fingerprint density at radius 1 is 1.06 bits per heavy atom. The lowest BCUT2D eigenvalue weighted by Gasteiger charge is -2.35. The van der Waals surface area contributed by atoms with Crippen molar-refractivity contribution in [2.75, 3.05) is 36.8 Å². The molecule has 1 fully saturated rings. The molecule has 4 rings (SSSR count). The predicted octanol–water partition coefficient (Wildman–Crippen LogP) is 3.07. The molecule has 0 spiro atoms. The van der Waals surface area contributed by atoms with E-state index in [1.54, 1.807) is 36.5 Å². The smallest absolute Gasteiger partial charge is 0.196 e. The third-order valence-electron chi connectivity index (χ3n) is 5.03. The number of nitrogen functional groups attached to an aromatic ring is 1. The quantitative estimate of drug-likeness (QED) is 0.443. The largest absolute Gasteiger partial charge is 0.382 e. The zero-order valence-electron chi connectivity index (χ0n) is 16.9. The van der Waals surface area contributed by atoms with Gasteiger partial charge in [0.15, 0.2) is 11.8 Å². The highest BCUT2D eigenvalue weighted by Gasteiger charge is 2.21. The minimum Gasteiger partial charge on any atom is -0.382 e. The molecule has 11 heteroatoms. The summed E-state index contributed by atoms with van der Waals surface area (Å²) >= 11 is 12.4. The van der Waals surface area contributed by atoms with Gasteiger partial charge >= 0.3 is 0 Å². The van der Waals surface area contributed by atoms with Gasteiger partial charge in [-0.3, -0.25) is 0 Å². The molecule has 1 saturated heterocycles. The summed E-state index contributed by atoms with van der Waals surface area (Å²) in [5.74, 6) is 1.35. The van der Waals surface area contributed by atoms with Gasteiger partial charge in [-0.1, -0.05) is 35.3 Å². The lowest BCUT2D eigenvalue weighted by Crippen LogP contribution is -2.51. The standard InChI is InChI=1S/C21H19Cl2N9/c22-16-3-1-2-15(18(16)23)19-20(25)30-17(12-28-19)31-6-8-32(9-7-31)21(26)29-14-5-4-13(10-24)27-11-14/h1-5,11-12H,6-9H2,(H2,25,30)(H2,26,29). The highest BCUT2D eigenvalue weighted by Crippen LogP contribution is 2.35. The molecule has 0 bridgehead atoms. The number of hydrogen-bond donors (Lipinski definition) is 2. The lowest BCUT2D eigenvalue weighted by molar-refractivity contribution is 0.381. The number of aromatic nitrogens is 3. The third-order valence-corrected chi connectivity index (χ3v) is 5.85. The van der Waals surface area contributed by atoms with E-state index in [2.05, 4.69) is 24.8 Å². The average Bonchev–Trinajstić information content (AvgIpc) is 2.81. The number of nitrogens with zero attached hydrogens (tertiary/aromatic N) is 7. The van der Waals surface area contributed by atoms with Crippen molar-refractivity contribution in [3.8, 4) is 17.3 Å². The summed E-state index contributed by atoms with van der Waals surface area (Å²) in [4.78, 5) is 21.5. The molecule has 32 heavy (non-hydrogen) atoms. The van der Waals surface area contributed by atoms with Crippen LogP contribution in [0.25, 0.3) is 11.3 Å². The Morgan fingerprint density at radius 3 is 2.50 bits per heavy atom. The predicted molar refractivity (Wildman–Crippen MR) is 126 cm³/mol. The van der Waals surface area contributed by atoms with Gasteiger partial charge < -0.3 is 21.3 Å². The molecule has 0 amide bonds. The number of rotatable bonds is 3. The molecule has 0 saturated carbocycles. The lowest BCUT2D eigenvalue weighted by atomic mass is 10.1. The number of piperazine rings is 1. The Balaban J connectivity index is 1.44. The van der Waals surface area contributed by atoms with Crippen LogP contribution in [0.5, 0.6) is 0 Å². The van der Waals surface area contributed by atoms with Gasteiger partial charge in [-0.25, -0.2) is 19.9 Å². The highest BCUT2D eigenvalue weighted by molar-refractivity contribution is 6.43. The number of nitrogens with two attached hydrogens (primary N) is 2. The van der Waals surface area contributed by atoms with E-state index in [-0.39, 0.29) is 5.82 Å². The van der Waals surface area contributed by atoms with E-state index in [0.29, 0.717) is 70.6 Å². The SMILES string of the molecule is N#Cc1ccc(N=C(N)N2CCN(c3cnc(-c4cccc(Cl)c4Cl)c(N)n3)CC2)cn1. The van der Waals surface area contributed by atoms with Crippen molar-refractivity contribution >= 4 is 46.5 Å². The summed E-state index contributed by atoms with van der Waals surface area (Å²) < 4.78 is 0. The van der Waals surface area contributed by atoms with Crippen LogP contribution in [0.4, 0.5) is 17.3 Å². The minimum atomic E-state index is 0.281. The molecule has 4 N–H and O–H groups in total. The van der Waals surface area contributed by atoms with Crippen molar-refractivity contribution in [3.05, 3.63) is 58.5 Å². The van der Waals surface area contributed by atoms with Crippen LogP contribution in [0.15, 0.2) is 47.7 Å². The van der Waals surface area contributed by atoms with Crippen molar-refractivity contribution in [3.63, 3.8) is 0 Å². The first-order valence-corrected chi connectivity index (χ1v) is 10.5. The molecule has 162 valence electrons. The molecule has 0 aliphatic carbocycles. The van der Waals surface area contributed by atoms with Crippen molar-refractivity contribution in [2.45, 2.75) is 0 Å². The minimum absolute atomic E-state index is 0.281. The summed E-state index contributed by atoms with van der Waals surface area (Å²) in [5, 5.41) is 9.66. The van der Waals surface area contributed by atoms with Gasteiger partial charge in [-0.2, -0.15) is 5.26 Å². The number of guanidine groups is 1. The Morgan fingerprint density at radius 2 is 1.84 bits per heavy atom. The van der Waals surface area contributed by atoms with Crippen LogP contribution in [0.2, 0.25) is 10.0 Å². The summed E-state index contributed by atoms with van der Waals surface area (Å²) in [5.41, 5.74) is 14.4. The van der Waals surface area contributed by atoms with Gasteiger partial charge in [0.2, 0.25) is 0 Å². The van der Waals surface area contributed by atoms with E-state index in [9.17, 15) is 0 Å². The van der Waals surface area contributed by atoms with Crippen LogP contribution in [-0.4, -0.2) is 52.0 Å². The van der Waals surface area contributed by atoms with E-state index >= 15 is 0 Å². The van der Waals surface area contributed by atoms with Gasteiger partial charge in [-0.05, 0) is 18.2 Å². The van der Waals surface area contributed by atoms with Crippen LogP contribution in [0, 0.1) is 11.3 Å². The van der Waals surface area contributed by atoms with Gasteiger partial charge in [0.1, 0.15) is 23.3 Å². The number of benzene rings is 1. The van der Waals surface area contributed by atoms with Crippen molar-refractivity contribution < 1.29 is 0 Å². The van der Waals surface area contributed by atoms with Gasteiger partial charge in [-0.15, -0.1) is 0 Å². The molecule has 0 atom stereocenters. The number of hydrogen-bond acceptors (Lipinski definition) is 7. The van der Waals surface area contributed by atoms with Gasteiger partial charge in [0, 0.05) is 31.7 Å². The second kappa shape index (κ2) is 9.26. The third kappa shape index (κ3) is 4.51. The maximum absolute atomic E-state index is 8.83. The maximum Gasteiger partial charge on any atom is 0.196 e. The second-order valence-corrected chi connectivity index (χ2v) is 7.81. The number of aliphatic imine (C=N–C) groups is 1. The fourth-order valence-electron chi connectivity index (χ4n) is 3.33. The van der Waals surface area contributed by atoms with E-state index < -0.39 is 0 Å². The summed E-state index contributed by atoms with van der Waals surface area (Å²) in [6.45, 7) is 2.66. The summed E-state index contributed by atoms with van der Waals surface area (Å²) in [6, 6.07) is 10.6. The number of pyridine rings is 1. The van der Waals surface area contributed by atoms with E-state index in [1.807, 2.05) is 11.0 Å². The van der Waals surface area contributed by atoms with Crippen LogP contribution >= 0.6 is 23.2 Å². The molecule has 1 aliphatic rings. The Bertz CT molecular complexity index is 1200. The van der Waals surface area contributed by atoms with Crippen molar-refractivity contribution in [2.24, 2.45) is 10.7 Å². The van der Waals surface area contributed by atoms with E-state index in [4.69, 9.17) is 39.9 Å². The second-order valence-electron chi connectivity index (χ2n) is 7.02. The monoisotopic (exact) mass is 467 g/mol.